The standard InChI is InChI=1S/C17H27N/c1-13(2)17-8-6-15(7-9-17)11-18-12-16-5-4-14(3)10-16/h6-9,13-14,16,18H,4-5,10-12H2,1-3H3. The minimum Gasteiger partial charge on any atom is -0.312 e. The van der Waals surface area contributed by atoms with Crippen LogP contribution >= 0.6 is 0 Å². The molecule has 2 rings (SSSR count). The summed E-state index contributed by atoms with van der Waals surface area (Å²) in [4.78, 5) is 0. The number of hydrogen-bond acceptors (Lipinski definition) is 1. The van der Waals surface area contributed by atoms with Gasteiger partial charge in [-0.05, 0) is 48.3 Å². The van der Waals surface area contributed by atoms with Crippen LogP contribution in [0.4, 0.5) is 0 Å². The lowest BCUT2D eigenvalue weighted by Gasteiger charge is -2.12. The fourth-order valence-electron chi connectivity index (χ4n) is 2.95. The third kappa shape index (κ3) is 3.84. The van der Waals surface area contributed by atoms with Crippen LogP contribution in [0.3, 0.4) is 0 Å². The molecule has 1 heteroatoms. The van der Waals surface area contributed by atoms with Crippen LogP contribution in [-0.2, 0) is 6.54 Å². The van der Waals surface area contributed by atoms with Gasteiger partial charge in [0.2, 0.25) is 0 Å². The van der Waals surface area contributed by atoms with Crippen molar-refractivity contribution in [3.63, 3.8) is 0 Å². The van der Waals surface area contributed by atoms with Gasteiger partial charge in [-0.1, -0.05) is 51.5 Å². The summed E-state index contributed by atoms with van der Waals surface area (Å²) in [5.41, 5.74) is 2.84. The Labute approximate surface area is 112 Å². The van der Waals surface area contributed by atoms with Crippen molar-refractivity contribution < 1.29 is 0 Å². The van der Waals surface area contributed by atoms with Gasteiger partial charge in [-0.3, -0.25) is 0 Å². The van der Waals surface area contributed by atoms with Gasteiger partial charge in [0.1, 0.15) is 0 Å². The second-order valence-corrected chi connectivity index (χ2v) is 6.31. The van der Waals surface area contributed by atoms with E-state index in [2.05, 4.69) is 50.4 Å². The van der Waals surface area contributed by atoms with Gasteiger partial charge < -0.3 is 5.32 Å². The van der Waals surface area contributed by atoms with E-state index in [0.717, 1.165) is 18.4 Å². The molecule has 0 heterocycles. The van der Waals surface area contributed by atoms with Gasteiger partial charge in [0.15, 0.2) is 0 Å². The predicted octanol–water partition coefficient (Wildman–Crippen LogP) is 4.34. The van der Waals surface area contributed by atoms with Crippen LogP contribution in [0.2, 0.25) is 0 Å². The predicted molar refractivity (Wildman–Crippen MR) is 78.7 cm³/mol. The summed E-state index contributed by atoms with van der Waals surface area (Å²) in [6.45, 7) is 9.08. The fraction of sp³-hybridized carbons (Fsp3) is 0.647. The van der Waals surface area contributed by atoms with E-state index in [1.165, 1.54) is 36.9 Å². The van der Waals surface area contributed by atoms with Crippen molar-refractivity contribution in [1.82, 2.24) is 5.32 Å². The van der Waals surface area contributed by atoms with E-state index in [0.29, 0.717) is 5.92 Å². The average molecular weight is 245 g/mol. The molecular weight excluding hydrogens is 218 g/mol. The summed E-state index contributed by atoms with van der Waals surface area (Å²) in [5, 5.41) is 3.61. The van der Waals surface area contributed by atoms with E-state index in [-0.39, 0.29) is 0 Å². The molecule has 0 radical (unpaired) electrons. The molecule has 0 bridgehead atoms. The molecule has 1 nitrogen and oxygen atoms in total. The highest BCUT2D eigenvalue weighted by Crippen LogP contribution is 2.29. The molecule has 0 aliphatic heterocycles. The molecule has 1 saturated carbocycles. The van der Waals surface area contributed by atoms with Gasteiger partial charge in [0, 0.05) is 6.54 Å². The Kier molecular flexibility index (Phi) is 4.82. The smallest absolute Gasteiger partial charge is 0.0205 e. The topological polar surface area (TPSA) is 12.0 Å². The first-order valence-corrected chi connectivity index (χ1v) is 7.44. The molecule has 0 amide bonds. The van der Waals surface area contributed by atoms with Crippen molar-refractivity contribution in [2.75, 3.05) is 6.54 Å². The van der Waals surface area contributed by atoms with Crippen molar-refractivity contribution in [3.8, 4) is 0 Å². The van der Waals surface area contributed by atoms with Crippen molar-refractivity contribution in [1.29, 1.82) is 0 Å². The molecule has 1 aromatic rings. The Balaban J connectivity index is 1.73. The summed E-state index contributed by atoms with van der Waals surface area (Å²) in [5.74, 6) is 2.49. The minimum atomic E-state index is 0.631. The minimum absolute atomic E-state index is 0.631. The summed E-state index contributed by atoms with van der Waals surface area (Å²) in [6, 6.07) is 9.05. The summed E-state index contributed by atoms with van der Waals surface area (Å²) >= 11 is 0. The fourth-order valence-corrected chi connectivity index (χ4v) is 2.95. The average Bonchev–Trinajstić information content (AvgIpc) is 2.76. The number of hydrogen-bond donors (Lipinski definition) is 1. The van der Waals surface area contributed by atoms with E-state index in [1.54, 1.807) is 0 Å². The Morgan fingerprint density at radius 2 is 1.89 bits per heavy atom. The highest BCUT2D eigenvalue weighted by molar-refractivity contribution is 5.24. The maximum atomic E-state index is 3.61. The molecule has 1 aliphatic carbocycles. The first kappa shape index (κ1) is 13.6. The van der Waals surface area contributed by atoms with Crippen LogP contribution in [0.5, 0.6) is 0 Å². The summed E-state index contributed by atoms with van der Waals surface area (Å²) in [6.07, 6.45) is 4.26. The lowest BCUT2D eigenvalue weighted by atomic mass is 10.0. The van der Waals surface area contributed by atoms with Gasteiger partial charge >= 0.3 is 0 Å². The Morgan fingerprint density at radius 1 is 1.17 bits per heavy atom. The SMILES string of the molecule is CC1CCC(CNCc2ccc(C(C)C)cc2)C1. The molecule has 0 aromatic heterocycles. The van der Waals surface area contributed by atoms with E-state index >= 15 is 0 Å². The van der Waals surface area contributed by atoms with E-state index in [4.69, 9.17) is 0 Å². The molecule has 1 aromatic carbocycles. The monoisotopic (exact) mass is 245 g/mol. The zero-order valence-corrected chi connectivity index (χ0v) is 12.1. The molecule has 18 heavy (non-hydrogen) atoms. The summed E-state index contributed by atoms with van der Waals surface area (Å²) < 4.78 is 0. The molecule has 1 N–H and O–H groups in total. The molecule has 1 aliphatic rings. The first-order chi connectivity index (χ1) is 8.65. The number of rotatable bonds is 5. The lowest BCUT2D eigenvalue weighted by molar-refractivity contribution is 0.470. The third-order valence-electron chi connectivity index (χ3n) is 4.21. The molecule has 0 spiro atoms. The van der Waals surface area contributed by atoms with Crippen molar-refractivity contribution in [2.45, 2.75) is 52.5 Å². The van der Waals surface area contributed by atoms with Crippen LogP contribution in [0.25, 0.3) is 0 Å². The second-order valence-electron chi connectivity index (χ2n) is 6.31. The first-order valence-electron chi connectivity index (χ1n) is 7.44. The zero-order valence-electron chi connectivity index (χ0n) is 12.1. The molecule has 0 saturated heterocycles. The Morgan fingerprint density at radius 3 is 2.44 bits per heavy atom. The van der Waals surface area contributed by atoms with Crippen molar-refractivity contribution in [2.24, 2.45) is 11.8 Å². The highest BCUT2D eigenvalue weighted by Gasteiger charge is 2.20. The normalized spacial score (nSPS) is 23.8. The van der Waals surface area contributed by atoms with Crippen LogP contribution < -0.4 is 5.32 Å². The van der Waals surface area contributed by atoms with Crippen LogP contribution in [-0.4, -0.2) is 6.54 Å². The quantitative estimate of drug-likeness (QED) is 0.814. The molecule has 1 fully saturated rings. The maximum Gasteiger partial charge on any atom is 0.0205 e. The van der Waals surface area contributed by atoms with E-state index in [9.17, 15) is 0 Å². The number of nitrogens with one attached hydrogen (secondary N) is 1. The van der Waals surface area contributed by atoms with Crippen LogP contribution in [0.1, 0.15) is 57.1 Å². The van der Waals surface area contributed by atoms with E-state index < -0.39 is 0 Å². The third-order valence-corrected chi connectivity index (χ3v) is 4.21. The molecule has 2 unspecified atom stereocenters. The number of benzene rings is 1. The highest BCUT2D eigenvalue weighted by atomic mass is 14.9. The molecular formula is C17H27N. The lowest BCUT2D eigenvalue weighted by Crippen LogP contribution is -2.20. The largest absolute Gasteiger partial charge is 0.312 e. The van der Waals surface area contributed by atoms with Crippen molar-refractivity contribution in [3.05, 3.63) is 35.4 Å². The van der Waals surface area contributed by atoms with Gasteiger partial charge in [0.25, 0.3) is 0 Å². The van der Waals surface area contributed by atoms with E-state index in [1.807, 2.05) is 0 Å². The van der Waals surface area contributed by atoms with Gasteiger partial charge in [-0.2, -0.15) is 0 Å². The Hall–Kier alpha value is -0.820. The Bertz CT molecular complexity index is 352. The summed E-state index contributed by atoms with van der Waals surface area (Å²) in [7, 11) is 0. The van der Waals surface area contributed by atoms with Crippen LogP contribution in [0.15, 0.2) is 24.3 Å². The second kappa shape index (κ2) is 6.38. The van der Waals surface area contributed by atoms with Crippen LogP contribution in [0, 0.1) is 11.8 Å². The van der Waals surface area contributed by atoms with Gasteiger partial charge in [-0.15, -0.1) is 0 Å². The molecule has 100 valence electrons. The van der Waals surface area contributed by atoms with Gasteiger partial charge in [0.05, 0.1) is 0 Å². The van der Waals surface area contributed by atoms with Crippen molar-refractivity contribution >= 4 is 0 Å². The van der Waals surface area contributed by atoms with Gasteiger partial charge in [-0.25, -0.2) is 0 Å². The maximum absolute atomic E-state index is 3.61. The molecule has 2 atom stereocenters. The zero-order chi connectivity index (χ0) is 13.0.